The molecule has 0 amide bonds. The summed E-state index contributed by atoms with van der Waals surface area (Å²) < 4.78 is 19.1. The van der Waals surface area contributed by atoms with Gasteiger partial charge in [0.15, 0.2) is 0 Å². The summed E-state index contributed by atoms with van der Waals surface area (Å²) in [5.74, 6) is -0.0371. The third kappa shape index (κ3) is 2.40. The van der Waals surface area contributed by atoms with Gasteiger partial charge in [0.2, 0.25) is 5.88 Å². The summed E-state index contributed by atoms with van der Waals surface area (Å²) in [6.45, 7) is 4.15. The number of nitrogen functional groups attached to an aromatic ring is 1. The van der Waals surface area contributed by atoms with Gasteiger partial charge in [-0.3, -0.25) is 4.98 Å². The van der Waals surface area contributed by atoms with Gasteiger partial charge in [-0.2, -0.15) is 0 Å². The molecule has 2 N–H and O–H groups in total. The van der Waals surface area contributed by atoms with Crippen molar-refractivity contribution in [2.75, 3.05) is 12.3 Å². The molecule has 0 atom stereocenters. The Morgan fingerprint density at radius 2 is 2.11 bits per heavy atom. The normalized spacial score (nSPS) is 10.4. The van der Waals surface area contributed by atoms with Crippen LogP contribution < -0.4 is 10.5 Å². The molecule has 1 aromatic heterocycles. The third-order valence-electron chi connectivity index (χ3n) is 2.54. The molecule has 0 aliphatic heterocycles. The van der Waals surface area contributed by atoms with Gasteiger partial charge in [0.25, 0.3) is 0 Å². The molecule has 18 heavy (non-hydrogen) atoms. The number of benzene rings is 1. The molecular weight excluding hydrogens is 233 g/mol. The molecule has 0 aliphatic carbocycles. The predicted molar refractivity (Wildman–Crippen MR) is 67.7 cm³/mol. The van der Waals surface area contributed by atoms with Crippen LogP contribution in [0.15, 0.2) is 24.5 Å². The summed E-state index contributed by atoms with van der Waals surface area (Å²) in [6, 6.07) is 2.95. The fourth-order valence-corrected chi connectivity index (χ4v) is 1.59. The van der Waals surface area contributed by atoms with E-state index in [9.17, 15) is 4.39 Å². The number of aryl methyl sites for hydroxylation is 1. The monoisotopic (exact) mass is 247 g/mol. The first-order chi connectivity index (χ1) is 8.61. The Kier molecular flexibility index (Phi) is 3.41. The molecule has 2 aromatic rings. The van der Waals surface area contributed by atoms with Crippen LogP contribution in [0.3, 0.4) is 0 Å². The number of anilines is 1. The minimum absolute atomic E-state index is 0.371. The molecule has 0 saturated carbocycles. The Bertz CT molecular complexity index is 572. The first kappa shape index (κ1) is 12.3. The van der Waals surface area contributed by atoms with Crippen molar-refractivity contribution in [2.45, 2.75) is 13.8 Å². The van der Waals surface area contributed by atoms with E-state index < -0.39 is 5.82 Å². The molecule has 1 heterocycles. The number of hydrogen-bond acceptors (Lipinski definition) is 4. The van der Waals surface area contributed by atoms with Gasteiger partial charge in [-0.05, 0) is 31.5 Å². The van der Waals surface area contributed by atoms with Crippen LogP contribution in [0.1, 0.15) is 12.5 Å². The van der Waals surface area contributed by atoms with Crippen molar-refractivity contribution in [3.63, 3.8) is 0 Å². The standard InChI is InChI=1S/C13H14FN3O/c1-3-18-13-7-16-6-12(17-13)9-4-8(2)11(15)5-10(9)14/h4-7H,3,15H2,1-2H3. The minimum atomic E-state index is -0.416. The summed E-state index contributed by atoms with van der Waals surface area (Å²) in [7, 11) is 0. The van der Waals surface area contributed by atoms with Gasteiger partial charge in [0.1, 0.15) is 5.82 Å². The maximum absolute atomic E-state index is 13.8. The third-order valence-corrected chi connectivity index (χ3v) is 2.54. The van der Waals surface area contributed by atoms with Crippen LogP contribution >= 0.6 is 0 Å². The molecule has 0 radical (unpaired) electrons. The van der Waals surface area contributed by atoms with Gasteiger partial charge in [-0.15, -0.1) is 0 Å². The Hall–Kier alpha value is -2.17. The Morgan fingerprint density at radius 3 is 2.83 bits per heavy atom. The van der Waals surface area contributed by atoms with Crippen molar-refractivity contribution in [3.05, 3.63) is 35.9 Å². The predicted octanol–water partition coefficient (Wildman–Crippen LogP) is 2.57. The lowest BCUT2D eigenvalue weighted by Gasteiger charge is -2.08. The van der Waals surface area contributed by atoms with Crippen molar-refractivity contribution < 1.29 is 9.13 Å². The zero-order chi connectivity index (χ0) is 13.1. The zero-order valence-corrected chi connectivity index (χ0v) is 10.3. The second-order valence-corrected chi connectivity index (χ2v) is 3.86. The molecular formula is C13H14FN3O. The molecule has 4 nitrogen and oxygen atoms in total. The number of aromatic nitrogens is 2. The average Bonchev–Trinajstić information content (AvgIpc) is 2.34. The Labute approximate surface area is 105 Å². The number of hydrogen-bond donors (Lipinski definition) is 1. The highest BCUT2D eigenvalue weighted by Crippen LogP contribution is 2.26. The highest BCUT2D eigenvalue weighted by atomic mass is 19.1. The van der Waals surface area contributed by atoms with E-state index in [1.54, 1.807) is 6.07 Å². The molecule has 0 aliphatic rings. The smallest absolute Gasteiger partial charge is 0.232 e. The van der Waals surface area contributed by atoms with Gasteiger partial charge < -0.3 is 10.5 Å². The quantitative estimate of drug-likeness (QED) is 0.847. The van der Waals surface area contributed by atoms with E-state index in [1.165, 1.54) is 18.5 Å². The minimum Gasteiger partial charge on any atom is -0.477 e. The van der Waals surface area contributed by atoms with E-state index in [0.29, 0.717) is 29.4 Å². The zero-order valence-electron chi connectivity index (χ0n) is 10.3. The molecule has 2 rings (SSSR count). The highest BCUT2D eigenvalue weighted by Gasteiger charge is 2.10. The molecule has 5 heteroatoms. The van der Waals surface area contributed by atoms with Crippen molar-refractivity contribution in [2.24, 2.45) is 0 Å². The largest absolute Gasteiger partial charge is 0.477 e. The van der Waals surface area contributed by atoms with E-state index >= 15 is 0 Å². The van der Waals surface area contributed by atoms with Gasteiger partial charge in [0.05, 0.1) is 24.7 Å². The van der Waals surface area contributed by atoms with Crippen molar-refractivity contribution >= 4 is 5.69 Å². The fraction of sp³-hybridized carbons (Fsp3) is 0.231. The molecule has 0 unspecified atom stereocenters. The van der Waals surface area contributed by atoms with E-state index in [1.807, 2.05) is 13.8 Å². The maximum Gasteiger partial charge on any atom is 0.232 e. The van der Waals surface area contributed by atoms with Crippen molar-refractivity contribution in [1.29, 1.82) is 0 Å². The van der Waals surface area contributed by atoms with Gasteiger partial charge in [-0.1, -0.05) is 0 Å². The first-order valence-electron chi connectivity index (χ1n) is 5.62. The van der Waals surface area contributed by atoms with E-state index in [-0.39, 0.29) is 0 Å². The maximum atomic E-state index is 13.8. The van der Waals surface area contributed by atoms with Gasteiger partial charge in [-0.25, -0.2) is 9.37 Å². The van der Waals surface area contributed by atoms with Crippen LogP contribution in [-0.2, 0) is 0 Å². The topological polar surface area (TPSA) is 61.0 Å². The lowest BCUT2D eigenvalue weighted by Crippen LogP contribution is -1.99. The summed E-state index contributed by atoms with van der Waals surface area (Å²) in [6.07, 6.45) is 2.99. The number of halogens is 1. The number of nitrogens with two attached hydrogens (primary N) is 1. The van der Waals surface area contributed by atoms with Crippen LogP contribution in [-0.4, -0.2) is 16.6 Å². The summed E-state index contributed by atoms with van der Waals surface area (Å²) in [5.41, 5.74) is 7.67. The van der Waals surface area contributed by atoms with Crippen LogP contribution in [0, 0.1) is 12.7 Å². The average molecular weight is 247 g/mol. The Morgan fingerprint density at radius 1 is 1.33 bits per heavy atom. The first-order valence-corrected chi connectivity index (χ1v) is 5.62. The van der Waals surface area contributed by atoms with Gasteiger partial charge >= 0.3 is 0 Å². The van der Waals surface area contributed by atoms with Crippen LogP contribution in [0.5, 0.6) is 5.88 Å². The van der Waals surface area contributed by atoms with Crippen LogP contribution in [0.25, 0.3) is 11.3 Å². The number of rotatable bonds is 3. The second kappa shape index (κ2) is 5.00. The lowest BCUT2D eigenvalue weighted by molar-refractivity contribution is 0.325. The summed E-state index contributed by atoms with van der Waals surface area (Å²) in [4.78, 5) is 8.19. The van der Waals surface area contributed by atoms with Crippen LogP contribution in [0.4, 0.5) is 10.1 Å². The Balaban J connectivity index is 2.48. The molecule has 0 bridgehead atoms. The number of ether oxygens (including phenoxy) is 1. The molecule has 0 saturated heterocycles. The summed E-state index contributed by atoms with van der Waals surface area (Å²) >= 11 is 0. The molecule has 94 valence electrons. The van der Waals surface area contributed by atoms with Gasteiger partial charge in [0, 0.05) is 11.3 Å². The number of nitrogens with zero attached hydrogens (tertiary/aromatic N) is 2. The van der Waals surface area contributed by atoms with Crippen molar-refractivity contribution in [3.8, 4) is 17.1 Å². The molecule has 1 aromatic carbocycles. The molecule has 0 spiro atoms. The van der Waals surface area contributed by atoms with Crippen LogP contribution in [0.2, 0.25) is 0 Å². The van der Waals surface area contributed by atoms with Crippen molar-refractivity contribution in [1.82, 2.24) is 9.97 Å². The highest BCUT2D eigenvalue weighted by molar-refractivity contribution is 5.65. The lowest BCUT2D eigenvalue weighted by atomic mass is 10.1. The SMILES string of the molecule is CCOc1cncc(-c2cc(C)c(N)cc2F)n1. The van der Waals surface area contributed by atoms with E-state index in [2.05, 4.69) is 9.97 Å². The second-order valence-electron chi connectivity index (χ2n) is 3.86. The molecule has 0 fully saturated rings. The fourth-order valence-electron chi connectivity index (χ4n) is 1.59. The summed E-state index contributed by atoms with van der Waals surface area (Å²) in [5, 5.41) is 0. The van der Waals surface area contributed by atoms with E-state index in [4.69, 9.17) is 10.5 Å². The van der Waals surface area contributed by atoms with E-state index in [0.717, 1.165) is 5.56 Å².